The molecule has 3 rings (SSSR count). The topological polar surface area (TPSA) is 54.9 Å². The van der Waals surface area contributed by atoms with Gasteiger partial charge in [0.1, 0.15) is 5.69 Å². The highest BCUT2D eigenvalue weighted by molar-refractivity contribution is 7.22. The van der Waals surface area contributed by atoms with Crippen LogP contribution in [0, 0.1) is 0 Å². The minimum Gasteiger partial charge on any atom is -0.296 e. The van der Waals surface area contributed by atoms with Crippen LogP contribution in [0.3, 0.4) is 0 Å². The van der Waals surface area contributed by atoms with Gasteiger partial charge in [-0.2, -0.15) is 0 Å². The van der Waals surface area contributed by atoms with Crippen LogP contribution in [0.1, 0.15) is 35.1 Å². The van der Waals surface area contributed by atoms with Gasteiger partial charge in [-0.05, 0) is 18.1 Å². The SMILES string of the molecule is CC(C)c1sc(Cl)nc1C(=O)Nc1nc2ccccc2s1. The molecule has 7 heteroatoms. The number of hydrogen-bond donors (Lipinski definition) is 1. The Morgan fingerprint density at radius 3 is 2.71 bits per heavy atom. The number of thiazole rings is 2. The van der Waals surface area contributed by atoms with Crippen LogP contribution in [0.5, 0.6) is 0 Å². The fourth-order valence-corrected chi connectivity index (χ4v) is 3.92. The molecule has 3 aromatic rings. The van der Waals surface area contributed by atoms with Gasteiger partial charge in [0.25, 0.3) is 5.91 Å². The number of halogens is 1. The summed E-state index contributed by atoms with van der Waals surface area (Å²) in [5, 5.41) is 3.38. The molecular weight excluding hydrogens is 326 g/mol. The lowest BCUT2D eigenvalue weighted by Gasteiger charge is -2.04. The summed E-state index contributed by atoms with van der Waals surface area (Å²) in [6.45, 7) is 4.02. The number of nitrogens with zero attached hydrogens (tertiary/aromatic N) is 2. The number of aromatic nitrogens is 2. The second kappa shape index (κ2) is 5.71. The third-order valence-corrected chi connectivity index (χ3v) is 5.29. The average Bonchev–Trinajstić information content (AvgIpc) is 3.01. The zero-order valence-electron chi connectivity index (χ0n) is 11.4. The Bertz CT molecular complexity index is 777. The minimum atomic E-state index is -0.263. The number of rotatable bonds is 3. The van der Waals surface area contributed by atoms with Gasteiger partial charge < -0.3 is 0 Å². The van der Waals surface area contributed by atoms with E-state index in [9.17, 15) is 4.79 Å². The first-order chi connectivity index (χ1) is 10.0. The van der Waals surface area contributed by atoms with Crippen LogP contribution in [0.15, 0.2) is 24.3 Å². The van der Waals surface area contributed by atoms with E-state index in [2.05, 4.69) is 15.3 Å². The summed E-state index contributed by atoms with van der Waals surface area (Å²) in [5.74, 6) is -0.0629. The molecule has 21 heavy (non-hydrogen) atoms. The molecule has 108 valence electrons. The van der Waals surface area contributed by atoms with Gasteiger partial charge in [0, 0.05) is 4.88 Å². The lowest BCUT2D eigenvalue weighted by molar-refractivity contribution is 0.102. The fourth-order valence-electron chi connectivity index (χ4n) is 1.94. The second-order valence-corrected chi connectivity index (χ2v) is 7.42. The molecule has 0 fully saturated rings. The molecule has 0 spiro atoms. The number of carbonyl (C=O) groups is 1. The Morgan fingerprint density at radius 2 is 2.00 bits per heavy atom. The van der Waals surface area contributed by atoms with Crippen molar-refractivity contribution < 1.29 is 4.79 Å². The first kappa shape index (κ1) is 14.4. The summed E-state index contributed by atoms with van der Waals surface area (Å²) in [7, 11) is 0. The molecule has 0 aliphatic rings. The van der Waals surface area contributed by atoms with E-state index < -0.39 is 0 Å². The van der Waals surface area contributed by atoms with Crippen LogP contribution in [0.2, 0.25) is 4.47 Å². The van der Waals surface area contributed by atoms with Crippen LogP contribution >= 0.6 is 34.3 Å². The summed E-state index contributed by atoms with van der Waals surface area (Å²) < 4.78 is 1.42. The normalized spacial score (nSPS) is 11.2. The van der Waals surface area contributed by atoms with Crippen LogP contribution < -0.4 is 5.32 Å². The number of nitrogens with one attached hydrogen (secondary N) is 1. The summed E-state index contributed by atoms with van der Waals surface area (Å²) in [4.78, 5) is 21.8. The minimum absolute atomic E-state index is 0.200. The van der Waals surface area contributed by atoms with Crippen molar-refractivity contribution in [3.05, 3.63) is 39.3 Å². The van der Waals surface area contributed by atoms with Gasteiger partial charge in [0.2, 0.25) is 0 Å². The maximum Gasteiger partial charge on any atom is 0.277 e. The van der Waals surface area contributed by atoms with E-state index in [-0.39, 0.29) is 11.8 Å². The van der Waals surface area contributed by atoms with E-state index in [1.54, 1.807) is 0 Å². The zero-order chi connectivity index (χ0) is 15.0. The molecule has 0 unspecified atom stereocenters. The molecule has 0 bridgehead atoms. The van der Waals surface area contributed by atoms with Crippen molar-refractivity contribution >= 4 is 55.5 Å². The highest BCUT2D eigenvalue weighted by Gasteiger charge is 2.20. The largest absolute Gasteiger partial charge is 0.296 e. The van der Waals surface area contributed by atoms with Crippen molar-refractivity contribution in [1.29, 1.82) is 0 Å². The quantitative estimate of drug-likeness (QED) is 0.748. The Morgan fingerprint density at radius 1 is 1.24 bits per heavy atom. The molecular formula is C14H12ClN3OS2. The molecule has 0 aliphatic carbocycles. The third-order valence-electron chi connectivity index (χ3n) is 2.88. The van der Waals surface area contributed by atoms with Crippen LogP contribution in [0.4, 0.5) is 5.13 Å². The van der Waals surface area contributed by atoms with Crippen LogP contribution in [-0.2, 0) is 0 Å². The summed E-state index contributed by atoms with van der Waals surface area (Å²) in [6, 6.07) is 7.76. The predicted octanol–water partition coefficient (Wildman–Crippen LogP) is 4.78. The first-order valence-electron chi connectivity index (χ1n) is 6.37. The average molecular weight is 338 g/mol. The number of amides is 1. The molecule has 0 atom stereocenters. The number of para-hydroxylation sites is 1. The van der Waals surface area contributed by atoms with Crippen molar-refractivity contribution in [3.63, 3.8) is 0 Å². The Labute approximate surface area is 134 Å². The molecule has 4 nitrogen and oxygen atoms in total. The lowest BCUT2D eigenvalue weighted by Crippen LogP contribution is -2.14. The number of hydrogen-bond acceptors (Lipinski definition) is 5. The molecule has 0 saturated carbocycles. The number of carbonyl (C=O) groups excluding carboxylic acids is 1. The highest BCUT2D eigenvalue weighted by atomic mass is 35.5. The van der Waals surface area contributed by atoms with Crippen molar-refractivity contribution in [3.8, 4) is 0 Å². The number of fused-ring (bicyclic) bond motifs is 1. The highest BCUT2D eigenvalue weighted by Crippen LogP contribution is 2.31. The smallest absolute Gasteiger partial charge is 0.277 e. The van der Waals surface area contributed by atoms with Crippen molar-refractivity contribution in [2.24, 2.45) is 0 Å². The molecule has 0 saturated heterocycles. The molecule has 2 aromatic heterocycles. The molecule has 0 radical (unpaired) electrons. The van der Waals surface area contributed by atoms with E-state index in [1.807, 2.05) is 38.1 Å². The van der Waals surface area contributed by atoms with Gasteiger partial charge in [-0.1, -0.05) is 48.9 Å². The van der Waals surface area contributed by atoms with Crippen LogP contribution in [0.25, 0.3) is 10.2 Å². The Balaban J connectivity index is 1.89. The monoisotopic (exact) mass is 337 g/mol. The van der Waals surface area contributed by atoms with Gasteiger partial charge in [0.05, 0.1) is 10.2 Å². The number of anilines is 1. The summed E-state index contributed by atoms with van der Waals surface area (Å²) in [6.07, 6.45) is 0. The van der Waals surface area contributed by atoms with Crippen molar-refractivity contribution in [2.45, 2.75) is 19.8 Å². The van der Waals surface area contributed by atoms with Gasteiger partial charge in [-0.3, -0.25) is 10.1 Å². The van der Waals surface area contributed by atoms with Crippen molar-refractivity contribution in [1.82, 2.24) is 9.97 Å². The fraction of sp³-hybridized carbons (Fsp3) is 0.214. The Hall–Kier alpha value is -1.50. The molecule has 2 heterocycles. The van der Waals surface area contributed by atoms with Crippen molar-refractivity contribution in [2.75, 3.05) is 5.32 Å². The third kappa shape index (κ3) is 2.92. The van der Waals surface area contributed by atoms with E-state index in [0.717, 1.165) is 15.1 Å². The zero-order valence-corrected chi connectivity index (χ0v) is 13.8. The van der Waals surface area contributed by atoms with E-state index in [1.165, 1.54) is 22.7 Å². The maximum absolute atomic E-state index is 12.4. The second-order valence-electron chi connectivity index (χ2n) is 4.78. The lowest BCUT2D eigenvalue weighted by atomic mass is 10.1. The van der Waals surface area contributed by atoms with E-state index in [0.29, 0.717) is 15.3 Å². The summed E-state index contributed by atoms with van der Waals surface area (Å²) >= 11 is 8.72. The maximum atomic E-state index is 12.4. The molecule has 1 amide bonds. The van der Waals surface area contributed by atoms with Gasteiger partial charge in [0.15, 0.2) is 9.60 Å². The predicted molar refractivity (Wildman–Crippen MR) is 88.8 cm³/mol. The van der Waals surface area contributed by atoms with E-state index >= 15 is 0 Å². The standard InChI is InChI=1S/C14H12ClN3OS2/c1-7(2)11-10(17-13(15)21-11)12(19)18-14-16-8-5-3-4-6-9(8)20-14/h3-7H,1-2H3,(H,16,18,19). The molecule has 0 aliphatic heterocycles. The molecule has 1 aromatic carbocycles. The van der Waals surface area contributed by atoms with Gasteiger partial charge >= 0.3 is 0 Å². The van der Waals surface area contributed by atoms with E-state index in [4.69, 9.17) is 11.6 Å². The van der Waals surface area contributed by atoms with Gasteiger partial charge in [-0.25, -0.2) is 9.97 Å². The number of benzene rings is 1. The first-order valence-corrected chi connectivity index (χ1v) is 8.39. The van der Waals surface area contributed by atoms with Crippen LogP contribution in [-0.4, -0.2) is 15.9 Å². The van der Waals surface area contributed by atoms with Gasteiger partial charge in [-0.15, -0.1) is 11.3 Å². The Kier molecular flexibility index (Phi) is 3.93. The molecule has 1 N–H and O–H groups in total. The summed E-state index contributed by atoms with van der Waals surface area (Å²) in [5.41, 5.74) is 1.26.